The first-order valence-electron chi connectivity index (χ1n) is 7.08. The van der Waals surface area contributed by atoms with Gasteiger partial charge in [0.25, 0.3) is 5.91 Å². The summed E-state index contributed by atoms with van der Waals surface area (Å²) in [5.74, 6) is 0.179. The molecule has 104 valence electrons. The molecule has 0 spiro atoms. The number of rotatable bonds is 2. The second-order valence-electron chi connectivity index (χ2n) is 5.49. The number of hydrogen-bond donors (Lipinski definition) is 0. The number of benzene rings is 1. The molecule has 0 bridgehead atoms. The second-order valence-corrected chi connectivity index (χ2v) is 6.47. The smallest absolute Gasteiger partial charge is 0.254 e. The fraction of sp³-hybridized carbons (Fsp3) is 0.353. The molecule has 0 unspecified atom stereocenters. The highest BCUT2D eigenvalue weighted by molar-refractivity contribution is 7.10. The van der Waals surface area contributed by atoms with Crippen molar-refractivity contribution in [3.8, 4) is 0 Å². The van der Waals surface area contributed by atoms with Crippen molar-refractivity contribution in [2.45, 2.75) is 32.7 Å². The van der Waals surface area contributed by atoms with E-state index in [1.54, 1.807) is 11.3 Å². The van der Waals surface area contributed by atoms with Gasteiger partial charge in [-0.2, -0.15) is 0 Å². The molecule has 1 atom stereocenters. The van der Waals surface area contributed by atoms with Crippen LogP contribution in [0.2, 0.25) is 0 Å². The van der Waals surface area contributed by atoms with Crippen LogP contribution in [-0.2, 0) is 0 Å². The van der Waals surface area contributed by atoms with Crippen LogP contribution in [0.15, 0.2) is 35.7 Å². The Balaban J connectivity index is 1.89. The largest absolute Gasteiger partial charge is 0.331 e. The molecule has 1 amide bonds. The van der Waals surface area contributed by atoms with Crippen LogP contribution in [0, 0.1) is 13.8 Å². The van der Waals surface area contributed by atoms with Gasteiger partial charge in [0.2, 0.25) is 0 Å². The number of carbonyl (C=O) groups excluding carboxylic acids is 1. The molecule has 20 heavy (non-hydrogen) atoms. The van der Waals surface area contributed by atoms with E-state index >= 15 is 0 Å². The normalized spacial score (nSPS) is 18.5. The van der Waals surface area contributed by atoms with Gasteiger partial charge >= 0.3 is 0 Å². The number of aryl methyl sites for hydroxylation is 2. The maximum absolute atomic E-state index is 12.8. The lowest BCUT2D eigenvalue weighted by Crippen LogP contribution is -2.30. The molecule has 2 nitrogen and oxygen atoms in total. The van der Waals surface area contributed by atoms with E-state index < -0.39 is 0 Å². The minimum absolute atomic E-state index is 0.179. The highest BCUT2D eigenvalue weighted by Crippen LogP contribution is 2.35. The van der Waals surface area contributed by atoms with Gasteiger partial charge in [0.05, 0.1) is 6.04 Å². The third-order valence-electron chi connectivity index (χ3n) is 4.00. The summed E-state index contributed by atoms with van der Waals surface area (Å²) >= 11 is 1.75. The van der Waals surface area contributed by atoms with Gasteiger partial charge in [0, 0.05) is 17.0 Å². The van der Waals surface area contributed by atoms with Crippen molar-refractivity contribution in [2.24, 2.45) is 0 Å². The molecular formula is C17H19NOS. The number of amides is 1. The number of carbonyl (C=O) groups is 1. The number of hydrogen-bond acceptors (Lipinski definition) is 2. The lowest BCUT2D eigenvalue weighted by Gasteiger charge is -2.24. The Morgan fingerprint density at radius 1 is 1.30 bits per heavy atom. The fourth-order valence-electron chi connectivity index (χ4n) is 2.99. The van der Waals surface area contributed by atoms with Crippen molar-refractivity contribution in [3.05, 3.63) is 57.3 Å². The molecule has 1 aliphatic heterocycles. The van der Waals surface area contributed by atoms with E-state index in [2.05, 4.69) is 30.5 Å². The molecule has 1 saturated heterocycles. The van der Waals surface area contributed by atoms with Gasteiger partial charge in [-0.3, -0.25) is 4.79 Å². The fourth-order valence-corrected chi connectivity index (χ4v) is 3.87. The number of thiophene rings is 1. The van der Waals surface area contributed by atoms with Gasteiger partial charge in [-0.25, -0.2) is 0 Å². The molecule has 3 rings (SSSR count). The molecule has 3 heteroatoms. The van der Waals surface area contributed by atoms with E-state index in [9.17, 15) is 4.79 Å². The molecule has 0 aliphatic carbocycles. The third kappa shape index (κ3) is 2.38. The Kier molecular flexibility index (Phi) is 3.62. The molecule has 0 N–H and O–H groups in total. The van der Waals surface area contributed by atoms with Gasteiger partial charge < -0.3 is 4.90 Å². The van der Waals surface area contributed by atoms with Crippen molar-refractivity contribution >= 4 is 17.2 Å². The second kappa shape index (κ2) is 5.41. The molecular weight excluding hydrogens is 266 g/mol. The highest BCUT2D eigenvalue weighted by Gasteiger charge is 2.31. The highest BCUT2D eigenvalue weighted by atomic mass is 32.1. The summed E-state index contributed by atoms with van der Waals surface area (Å²) in [6, 6.07) is 10.6. The third-order valence-corrected chi connectivity index (χ3v) is 4.97. The molecule has 0 radical (unpaired) electrons. The summed E-state index contributed by atoms with van der Waals surface area (Å²) in [5, 5.41) is 2.09. The summed E-state index contributed by atoms with van der Waals surface area (Å²) < 4.78 is 0. The predicted molar refractivity (Wildman–Crippen MR) is 83.2 cm³/mol. The Morgan fingerprint density at radius 3 is 2.85 bits per heavy atom. The first kappa shape index (κ1) is 13.4. The molecule has 2 heterocycles. The summed E-state index contributed by atoms with van der Waals surface area (Å²) in [6.45, 7) is 4.96. The predicted octanol–water partition coefficient (Wildman–Crippen LogP) is 4.34. The lowest BCUT2D eigenvalue weighted by molar-refractivity contribution is 0.0737. The van der Waals surface area contributed by atoms with E-state index in [1.165, 1.54) is 10.4 Å². The Morgan fingerprint density at radius 2 is 2.15 bits per heavy atom. The van der Waals surface area contributed by atoms with E-state index in [4.69, 9.17) is 0 Å². The van der Waals surface area contributed by atoms with Crippen LogP contribution >= 0.6 is 11.3 Å². The lowest BCUT2D eigenvalue weighted by atomic mass is 10.0. The first-order chi connectivity index (χ1) is 9.66. The zero-order chi connectivity index (χ0) is 14.1. The average molecular weight is 285 g/mol. The molecule has 2 aromatic rings. The molecule has 1 aromatic carbocycles. The van der Waals surface area contributed by atoms with Crippen LogP contribution in [0.25, 0.3) is 0 Å². The van der Waals surface area contributed by atoms with Crippen LogP contribution in [0.3, 0.4) is 0 Å². The Bertz CT molecular complexity index is 618. The van der Waals surface area contributed by atoms with Crippen molar-refractivity contribution in [1.29, 1.82) is 0 Å². The van der Waals surface area contributed by atoms with Crippen LogP contribution in [-0.4, -0.2) is 17.4 Å². The van der Waals surface area contributed by atoms with Gasteiger partial charge in [0.15, 0.2) is 0 Å². The standard InChI is InChI=1S/C17H19NOS/c1-12-7-8-14(13(2)11-12)17(19)18-9-3-5-15(18)16-6-4-10-20-16/h4,6-8,10-11,15H,3,5,9H2,1-2H3/t15-/m1/s1. The Hall–Kier alpha value is -1.61. The van der Waals surface area contributed by atoms with Gasteiger partial charge in [0.1, 0.15) is 0 Å². The number of likely N-dealkylation sites (tertiary alicyclic amines) is 1. The maximum Gasteiger partial charge on any atom is 0.254 e. The van der Waals surface area contributed by atoms with Gasteiger partial charge in [-0.05, 0) is 49.8 Å². The van der Waals surface area contributed by atoms with E-state index in [-0.39, 0.29) is 11.9 Å². The van der Waals surface area contributed by atoms with E-state index in [0.29, 0.717) is 0 Å². The summed E-state index contributed by atoms with van der Waals surface area (Å²) in [6.07, 6.45) is 2.18. The average Bonchev–Trinajstić information content (AvgIpc) is 3.09. The SMILES string of the molecule is Cc1ccc(C(=O)N2CCC[C@@H]2c2cccs2)c(C)c1. The summed E-state index contributed by atoms with van der Waals surface area (Å²) in [4.78, 5) is 16.2. The quantitative estimate of drug-likeness (QED) is 0.803. The molecule has 1 fully saturated rings. The summed E-state index contributed by atoms with van der Waals surface area (Å²) in [7, 11) is 0. The zero-order valence-electron chi connectivity index (χ0n) is 11.9. The van der Waals surface area contributed by atoms with Crippen LogP contribution in [0.4, 0.5) is 0 Å². The number of nitrogens with zero attached hydrogens (tertiary/aromatic N) is 1. The van der Waals surface area contributed by atoms with Crippen molar-refractivity contribution < 1.29 is 4.79 Å². The van der Waals surface area contributed by atoms with Gasteiger partial charge in [-0.15, -0.1) is 11.3 Å². The first-order valence-corrected chi connectivity index (χ1v) is 7.96. The van der Waals surface area contributed by atoms with Crippen LogP contribution in [0.1, 0.15) is 45.2 Å². The molecule has 1 aromatic heterocycles. The van der Waals surface area contributed by atoms with E-state index in [0.717, 1.165) is 30.5 Å². The maximum atomic E-state index is 12.8. The van der Waals surface area contributed by atoms with Crippen molar-refractivity contribution in [3.63, 3.8) is 0 Å². The van der Waals surface area contributed by atoms with Crippen LogP contribution in [0.5, 0.6) is 0 Å². The topological polar surface area (TPSA) is 20.3 Å². The molecule has 0 saturated carbocycles. The molecule has 1 aliphatic rings. The van der Waals surface area contributed by atoms with Crippen LogP contribution < -0.4 is 0 Å². The van der Waals surface area contributed by atoms with E-state index in [1.807, 2.05) is 24.0 Å². The minimum Gasteiger partial charge on any atom is -0.331 e. The summed E-state index contributed by atoms with van der Waals surface area (Å²) in [5.41, 5.74) is 3.13. The minimum atomic E-state index is 0.179. The van der Waals surface area contributed by atoms with Crippen molar-refractivity contribution in [2.75, 3.05) is 6.54 Å². The monoisotopic (exact) mass is 285 g/mol. The Labute approximate surface area is 124 Å². The van der Waals surface area contributed by atoms with Gasteiger partial charge in [-0.1, -0.05) is 23.8 Å². The van der Waals surface area contributed by atoms with Crippen molar-refractivity contribution in [1.82, 2.24) is 4.90 Å². The zero-order valence-corrected chi connectivity index (χ0v) is 12.7.